The zero-order chi connectivity index (χ0) is 14.5. The van der Waals surface area contributed by atoms with Crippen LogP contribution in [-0.2, 0) is 0 Å². The lowest BCUT2D eigenvalue weighted by Gasteiger charge is -2.25. The molecule has 0 radical (unpaired) electrons. The summed E-state index contributed by atoms with van der Waals surface area (Å²) in [5.41, 5.74) is 1.98. The lowest BCUT2D eigenvalue weighted by Crippen LogP contribution is -2.25. The van der Waals surface area contributed by atoms with Gasteiger partial charge in [-0.1, -0.05) is 19.9 Å². The molecule has 0 spiro atoms. The average molecular weight is 288 g/mol. The quantitative estimate of drug-likeness (QED) is 0.764. The van der Waals surface area contributed by atoms with E-state index in [-0.39, 0.29) is 0 Å². The summed E-state index contributed by atoms with van der Waals surface area (Å²) in [6.07, 6.45) is 5.83. The van der Waals surface area contributed by atoms with Crippen LogP contribution in [0, 0.1) is 23.2 Å². The van der Waals surface area contributed by atoms with Gasteiger partial charge in [-0.2, -0.15) is 5.26 Å². The highest BCUT2D eigenvalue weighted by Gasteiger charge is 2.21. The van der Waals surface area contributed by atoms with Crippen LogP contribution in [0.2, 0.25) is 0 Å². The lowest BCUT2D eigenvalue weighted by atomic mass is 9.89. The van der Waals surface area contributed by atoms with E-state index < -0.39 is 0 Å². The van der Waals surface area contributed by atoms with Crippen molar-refractivity contribution in [1.82, 2.24) is 0 Å². The van der Waals surface area contributed by atoms with E-state index >= 15 is 0 Å². The Hall–Kier alpha value is -1.14. The van der Waals surface area contributed by atoms with E-state index in [9.17, 15) is 5.26 Å². The molecule has 20 heavy (non-hydrogen) atoms. The van der Waals surface area contributed by atoms with Crippen molar-refractivity contribution < 1.29 is 0 Å². The maximum Gasteiger partial charge on any atom is 0.103 e. The number of hydrogen-bond donors (Lipinski definition) is 0. The molecule has 1 aliphatic heterocycles. The van der Waals surface area contributed by atoms with E-state index in [1.165, 1.54) is 19.3 Å². The minimum atomic E-state index is 0.767. The van der Waals surface area contributed by atoms with Crippen molar-refractivity contribution in [2.24, 2.45) is 11.8 Å². The van der Waals surface area contributed by atoms with Gasteiger partial charge in [0.1, 0.15) is 6.07 Å². The molecule has 1 unspecified atom stereocenters. The molecular formula is C17H24N2S. The zero-order valence-corrected chi connectivity index (χ0v) is 13.5. The molecule has 0 bridgehead atoms. The summed E-state index contributed by atoms with van der Waals surface area (Å²) >= 11 is 1.66. The Morgan fingerprint density at radius 3 is 2.75 bits per heavy atom. The minimum absolute atomic E-state index is 0.767. The molecule has 0 aliphatic carbocycles. The van der Waals surface area contributed by atoms with Gasteiger partial charge in [-0.15, -0.1) is 11.8 Å². The summed E-state index contributed by atoms with van der Waals surface area (Å²) in [5, 5.41) is 9.48. The maximum absolute atomic E-state index is 9.48. The van der Waals surface area contributed by atoms with Crippen LogP contribution in [0.4, 0.5) is 5.69 Å². The number of anilines is 1. The fourth-order valence-electron chi connectivity index (χ4n) is 3.10. The molecule has 1 aliphatic rings. The average Bonchev–Trinajstić information content (AvgIpc) is 2.72. The van der Waals surface area contributed by atoms with Crippen LogP contribution in [0.5, 0.6) is 0 Å². The largest absolute Gasteiger partial charge is 0.370 e. The number of thioether (sulfide) groups is 1. The van der Waals surface area contributed by atoms with E-state index in [1.807, 2.05) is 12.3 Å². The second-order valence-corrected chi connectivity index (χ2v) is 6.74. The molecule has 0 amide bonds. The first-order valence-corrected chi connectivity index (χ1v) is 8.72. The normalized spacial score (nSPS) is 19.8. The number of nitrogens with zero attached hydrogens (tertiary/aromatic N) is 2. The van der Waals surface area contributed by atoms with Crippen molar-refractivity contribution in [3.05, 3.63) is 23.8 Å². The lowest BCUT2D eigenvalue weighted by molar-refractivity contribution is 0.351. The fraction of sp³-hybridized carbons (Fsp3) is 0.588. The van der Waals surface area contributed by atoms with E-state index in [1.54, 1.807) is 11.8 Å². The first-order valence-electron chi connectivity index (χ1n) is 7.49. The van der Waals surface area contributed by atoms with Gasteiger partial charge in [0.25, 0.3) is 0 Å². The van der Waals surface area contributed by atoms with Crippen LogP contribution < -0.4 is 4.90 Å². The van der Waals surface area contributed by atoms with Gasteiger partial charge >= 0.3 is 0 Å². The maximum atomic E-state index is 9.48. The predicted molar refractivity (Wildman–Crippen MR) is 87.3 cm³/mol. The Morgan fingerprint density at radius 1 is 1.30 bits per heavy atom. The van der Waals surface area contributed by atoms with Gasteiger partial charge in [0.15, 0.2) is 0 Å². The van der Waals surface area contributed by atoms with Crippen molar-refractivity contribution >= 4 is 17.4 Å². The number of benzene rings is 1. The van der Waals surface area contributed by atoms with Gasteiger partial charge in [-0.3, -0.25) is 0 Å². The van der Waals surface area contributed by atoms with E-state index in [2.05, 4.69) is 36.9 Å². The third-order valence-corrected chi connectivity index (χ3v) is 5.17. The van der Waals surface area contributed by atoms with Gasteiger partial charge in [0.05, 0.1) is 11.3 Å². The summed E-state index contributed by atoms with van der Waals surface area (Å²) in [6, 6.07) is 8.63. The number of hydrogen-bond acceptors (Lipinski definition) is 3. The molecule has 1 aromatic carbocycles. The van der Waals surface area contributed by atoms with E-state index in [0.29, 0.717) is 0 Å². The van der Waals surface area contributed by atoms with Crippen molar-refractivity contribution in [2.75, 3.05) is 24.2 Å². The van der Waals surface area contributed by atoms with Crippen LogP contribution in [0.15, 0.2) is 23.1 Å². The molecule has 1 atom stereocenters. The van der Waals surface area contributed by atoms with Crippen molar-refractivity contribution in [3.63, 3.8) is 0 Å². The third kappa shape index (κ3) is 3.30. The van der Waals surface area contributed by atoms with Gasteiger partial charge < -0.3 is 4.90 Å². The molecule has 0 N–H and O–H groups in total. The summed E-state index contributed by atoms with van der Waals surface area (Å²) in [6.45, 7) is 6.82. The van der Waals surface area contributed by atoms with E-state index in [0.717, 1.165) is 41.1 Å². The minimum Gasteiger partial charge on any atom is -0.370 e. The van der Waals surface area contributed by atoms with Gasteiger partial charge in [-0.05, 0) is 49.5 Å². The molecule has 3 heteroatoms. The first-order chi connectivity index (χ1) is 9.67. The van der Waals surface area contributed by atoms with Crippen molar-refractivity contribution in [3.8, 4) is 6.07 Å². The smallest absolute Gasteiger partial charge is 0.103 e. The van der Waals surface area contributed by atoms with Crippen LogP contribution in [-0.4, -0.2) is 19.3 Å². The predicted octanol–water partition coefficient (Wildman–Crippen LogP) is 4.54. The zero-order valence-electron chi connectivity index (χ0n) is 12.7. The molecule has 2 nitrogen and oxygen atoms in total. The van der Waals surface area contributed by atoms with E-state index in [4.69, 9.17) is 0 Å². The van der Waals surface area contributed by atoms with Crippen LogP contribution in [0.3, 0.4) is 0 Å². The van der Waals surface area contributed by atoms with Gasteiger partial charge in [0, 0.05) is 18.0 Å². The highest BCUT2D eigenvalue weighted by Crippen LogP contribution is 2.32. The Bertz CT molecular complexity index is 490. The summed E-state index contributed by atoms with van der Waals surface area (Å²) in [7, 11) is 0. The molecule has 0 aromatic heterocycles. The molecular weight excluding hydrogens is 264 g/mol. The topological polar surface area (TPSA) is 27.0 Å². The highest BCUT2D eigenvalue weighted by atomic mass is 32.2. The Kier molecular flexibility index (Phi) is 5.37. The molecule has 108 valence electrons. The highest BCUT2D eigenvalue weighted by molar-refractivity contribution is 7.98. The van der Waals surface area contributed by atoms with Crippen LogP contribution in [0.1, 0.15) is 38.7 Å². The van der Waals surface area contributed by atoms with Crippen LogP contribution in [0.25, 0.3) is 0 Å². The summed E-state index contributed by atoms with van der Waals surface area (Å²) in [4.78, 5) is 3.51. The second-order valence-electron chi connectivity index (χ2n) is 5.89. The van der Waals surface area contributed by atoms with Crippen LogP contribution >= 0.6 is 11.8 Å². The molecule has 1 saturated heterocycles. The molecule has 2 rings (SSSR count). The van der Waals surface area contributed by atoms with Crippen molar-refractivity contribution in [2.45, 2.75) is 38.0 Å². The SMILES string of the molecule is CSc1cccc(N2CCCC(C(C)C)CC2)c1C#N. The first kappa shape index (κ1) is 15.3. The second kappa shape index (κ2) is 7.04. The Labute approximate surface area is 127 Å². The van der Waals surface area contributed by atoms with Gasteiger partial charge in [-0.25, -0.2) is 0 Å². The molecule has 1 fully saturated rings. The molecule has 1 aromatic rings. The summed E-state index contributed by atoms with van der Waals surface area (Å²) < 4.78 is 0. The van der Waals surface area contributed by atoms with Crippen molar-refractivity contribution in [1.29, 1.82) is 5.26 Å². The fourth-order valence-corrected chi connectivity index (χ4v) is 3.66. The molecule has 1 heterocycles. The number of nitriles is 1. The summed E-state index contributed by atoms with van der Waals surface area (Å²) in [5.74, 6) is 1.59. The molecule has 0 saturated carbocycles. The Morgan fingerprint density at radius 2 is 2.10 bits per heavy atom. The monoisotopic (exact) mass is 288 g/mol. The van der Waals surface area contributed by atoms with Gasteiger partial charge in [0.2, 0.25) is 0 Å². The number of rotatable bonds is 3. The third-order valence-electron chi connectivity index (χ3n) is 4.39. The standard InChI is InChI=1S/C17H24N2S/c1-13(2)14-6-5-10-19(11-9-14)16-7-4-8-17(20-3)15(16)12-18/h4,7-8,13-14H,5-6,9-11H2,1-3H3. The Balaban J connectivity index is 2.22.